The topological polar surface area (TPSA) is 91.4 Å². The van der Waals surface area contributed by atoms with Gasteiger partial charge in [0.1, 0.15) is 24.3 Å². The lowest BCUT2D eigenvalue weighted by atomic mass is 9.99. The molecule has 2 heterocycles. The quantitative estimate of drug-likeness (QED) is 0.641. The molecule has 3 aromatic rings. The van der Waals surface area contributed by atoms with E-state index >= 15 is 0 Å². The van der Waals surface area contributed by atoms with Crippen molar-refractivity contribution in [3.63, 3.8) is 0 Å². The molecule has 5 rings (SSSR count). The molecule has 7 nitrogen and oxygen atoms in total. The van der Waals surface area contributed by atoms with E-state index in [9.17, 15) is 23.9 Å². The number of carbonyl (C=O) groups is 1. The van der Waals surface area contributed by atoms with Gasteiger partial charge in [-0.3, -0.25) is 9.48 Å². The molecular weight excluding hydrogens is 442 g/mol. The highest BCUT2D eigenvalue weighted by Gasteiger charge is 2.39. The summed E-state index contributed by atoms with van der Waals surface area (Å²) in [4.78, 5) is 14.2. The van der Waals surface area contributed by atoms with Gasteiger partial charge in [0.15, 0.2) is 0 Å². The SMILES string of the molecule is COCC(=O)N1CCc2c(c(-c3cccc(C#N)c3)nn2[C@@H]2c3cc(F)cc(F)c3C[C@H]2O)C1. The van der Waals surface area contributed by atoms with Crippen LogP contribution in [0.4, 0.5) is 8.78 Å². The predicted molar refractivity (Wildman–Crippen MR) is 118 cm³/mol. The number of hydrogen-bond acceptors (Lipinski definition) is 5. The van der Waals surface area contributed by atoms with Crippen molar-refractivity contribution in [3.05, 3.63) is 76.0 Å². The molecule has 1 aliphatic carbocycles. The van der Waals surface area contributed by atoms with Gasteiger partial charge in [-0.05, 0) is 29.3 Å². The molecule has 0 unspecified atom stereocenters. The minimum atomic E-state index is -0.984. The average Bonchev–Trinajstić information content (AvgIpc) is 3.36. The number of fused-ring (bicyclic) bond motifs is 2. The van der Waals surface area contributed by atoms with E-state index in [0.29, 0.717) is 35.3 Å². The van der Waals surface area contributed by atoms with Crippen molar-refractivity contribution in [2.75, 3.05) is 20.3 Å². The molecule has 0 saturated heterocycles. The second kappa shape index (κ2) is 8.63. The van der Waals surface area contributed by atoms with Crippen LogP contribution in [0.2, 0.25) is 0 Å². The van der Waals surface area contributed by atoms with E-state index in [4.69, 9.17) is 9.84 Å². The highest BCUT2D eigenvalue weighted by Crippen LogP contribution is 2.40. The number of aliphatic hydroxyl groups is 1. The Morgan fingerprint density at radius 1 is 1.29 bits per heavy atom. The summed E-state index contributed by atoms with van der Waals surface area (Å²) in [5.74, 6) is -1.56. The number of nitrogens with zero attached hydrogens (tertiary/aromatic N) is 4. The number of carbonyl (C=O) groups excluding carboxylic acids is 1. The number of hydrogen-bond donors (Lipinski definition) is 1. The van der Waals surface area contributed by atoms with Gasteiger partial charge in [0.2, 0.25) is 5.91 Å². The van der Waals surface area contributed by atoms with Crippen LogP contribution in [0.5, 0.6) is 0 Å². The molecule has 2 aromatic carbocycles. The van der Waals surface area contributed by atoms with Gasteiger partial charge in [0, 0.05) is 55.9 Å². The van der Waals surface area contributed by atoms with E-state index in [1.165, 1.54) is 13.2 Å². The molecule has 1 aliphatic heterocycles. The summed E-state index contributed by atoms with van der Waals surface area (Å²) in [7, 11) is 1.46. The number of benzene rings is 2. The zero-order valence-electron chi connectivity index (χ0n) is 18.5. The van der Waals surface area contributed by atoms with Gasteiger partial charge in [-0.15, -0.1) is 0 Å². The largest absolute Gasteiger partial charge is 0.390 e. The van der Waals surface area contributed by atoms with Crippen LogP contribution in [-0.2, 0) is 28.9 Å². The molecule has 0 fully saturated rings. The summed E-state index contributed by atoms with van der Waals surface area (Å²) in [6, 6.07) is 10.4. The first kappa shape index (κ1) is 22.2. The maximum atomic E-state index is 14.5. The number of methoxy groups -OCH3 is 1. The van der Waals surface area contributed by atoms with E-state index in [1.54, 1.807) is 27.8 Å². The highest BCUT2D eigenvalue weighted by atomic mass is 19.1. The minimum Gasteiger partial charge on any atom is -0.390 e. The van der Waals surface area contributed by atoms with Crippen LogP contribution in [0.15, 0.2) is 36.4 Å². The average molecular weight is 464 g/mol. The lowest BCUT2D eigenvalue weighted by Gasteiger charge is -2.29. The number of aliphatic hydroxyl groups excluding tert-OH is 1. The van der Waals surface area contributed by atoms with Crippen molar-refractivity contribution in [2.45, 2.75) is 31.5 Å². The molecule has 174 valence electrons. The van der Waals surface area contributed by atoms with Crippen LogP contribution < -0.4 is 0 Å². The summed E-state index contributed by atoms with van der Waals surface area (Å²) < 4.78 is 35.2. The normalized spacial score (nSPS) is 19.0. The first-order valence-corrected chi connectivity index (χ1v) is 10.9. The number of rotatable bonds is 4. The smallest absolute Gasteiger partial charge is 0.248 e. The zero-order chi connectivity index (χ0) is 24.0. The van der Waals surface area contributed by atoms with Crippen molar-refractivity contribution >= 4 is 5.91 Å². The summed E-state index contributed by atoms with van der Waals surface area (Å²) >= 11 is 0. The number of ether oxygens (including phenoxy) is 1. The van der Waals surface area contributed by atoms with Crippen LogP contribution in [-0.4, -0.2) is 52.1 Å². The maximum absolute atomic E-state index is 14.5. The Morgan fingerprint density at radius 2 is 2.12 bits per heavy atom. The molecule has 0 spiro atoms. The van der Waals surface area contributed by atoms with Crippen molar-refractivity contribution in [1.82, 2.24) is 14.7 Å². The molecule has 2 aliphatic rings. The van der Waals surface area contributed by atoms with Gasteiger partial charge in [-0.1, -0.05) is 12.1 Å². The number of aromatic nitrogens is 2. The third-order valence-corrected chi connectivity index (χ3v) is 6.53. The van der Waals surface area contributed by atoms with Crippen molar-refractivity contribution < 1.29 is 23.4 Å². The Kier molecular flexibility index (Phi) is 5.63. The monoisotopic (exact) mass is 464 g/mol. The van der Waals surface area contributed by atoms with E-state index in [0.717, 1.165) is 17.3 Å². The molecular formula is C25H22F2N4O3. The van der Waals surface area contributed by atoms with Gasteiger partial charge in [-0.2, -0.15) is 10.4 Å². The van der Waals surface area contributed by atoms with Gasteiger partial charge < -0.3 is 14.7 Å². The second-order valence-electron chi connectivity index (χ2n) is 8.58. The lowest BCUT2D eigenvalue weighted by molar-refractivity contribution is -0.136. The Hall–Kier alpha value is -3.61. The molecule has 1 aromatic heterocycles. The zero-order valence-corrected chi connectivity index (χ0v) is 18.5. The van der Waals surface area contributed by atoms with Crippen LogP contribution in [0.25, 0.3) is 11.3 Å². The Labute approximate surface area is 194 Å². The van der Waals surface area contributed by atoms with Gasteiger partial charge in [0.25, 0.3) is 0 Å². The summed E-state index contributed by atoms with van der Waals surface area (Å²) in [6.45, 7) is 0.651. The molecule has 34 heavy (non-hydrogen) atoms. The Morgan fingerprint density at radius 3 is 2.88 bits per heavy atom. The van der Waals surface area contributed by atoms with Crippen LogP contribution in [0, 0.1) is 23.0 Å². The van der Waals surface area contributed by atoms with Crippen molar-refractivity contribution in [1.29, 1.82) is 5.26 Å². The van der Waals surface area contributed by atoms with Gasteiger partial charge >= 0.3 is 0 Å². The fraction of sp³-hybridized carbons (Fsp3) is 0.320. The minimum absolute atomic E-state index is 0.0456. The molecule has 9 heteroatoms. The molecule has 0 saturated carbocycles. The fourth-order valence-corrected chi connectivity index (χ4v) is 5.00. The Bertz CT molecular complexity index is 1330. The maximum Gasteiger partial charge on any atom is 0.248 e. The van der Waals surface area contributed by atoms with Crippen molar-refractivity contribution in [2.24, 2.45) is 0 Å². The number of nitriles is 1. The summed E-state index contributed by atoms with van der Waals surface area (Å²) in [5.41, 5.74) is 3.94. The van der Waals surface area contributed by atoms with Crippen LogP contribution in [0.1, 0.15) is 34.0 Å². The Balaban J connectivity index is 1.66. The summed E-state index contributed by atoms with van der Waals surface area (Å²) in [6.07, 6.45) is -0.480. The van der Waals surface area contributed by atoms with Crippen LogP contribution >= 0.6 is 0 Å². The fourth-order valence-electron chi connectivity index (χ4n) is 5.00. The van der Waals surface area contributed by atoms with Gasteiger partial charge in [0.05, 0.1) is 23.4 Å². The molecule has 2 atom stereocenters. The van der Waals surface area contributed by atoms with Gasteiger partial charge in [-0.25, -0.2) is 8.78 Å². The van der Waals surface area contributed by atoms with Crippen molar-refractivity contribution in [3.8, 4) is 17.3 Å². The predicted octanol–water partition coefficient (Wildman–Crippen LogP) is 2.74. The molecule has 1 N–H and O–H groups in total. The molecule has 0 bridgehead atoms. The second-order valence-corrected chi connectivity index (χ2v) is 8.58. The molecule has 1 amide bonds. The summed E-state index contributed by atoms with van der Waals surface area (Å²) in [5, 5.41) is 25.0. The number of amides is 1. The van der Waals surface area contributed by atoms with Crippen LogP contribution in [0.3, 0.4) is 0 Å². The van der Waals surface area contributed by atoms with E-state index in [1.807, 2.05) is 6.07 Å². The highest BCUT2D eigenvalue weighted by molar-refractivity contribution is 5.78. The first-order valence-electron chi connectivity index (χ1n) is 10.9. The lowest BCUT2D eigenvalue weighted by Crippen LogP contribution is -2.39. The first-order chi connectivity index (χ1) is 16.4. The van der Waals surface area contributed by atoms with E-state index in [-0.39, 0.29) is 31.0 Å². The third kappa shape index (κ3) is 3.65. The van der Waals surface area contributed by atoms with E-state index in [2.05, 4.69) is 6.07 Å². The number of halogens is 2. The van der Waals surface area contributed by atoms with E-state index < -0.39 is 23.8 Å². The molecule has 0 radical (unpaired) electrons. The standard InChI is InChI=1S/C25H22F2N4O3/c1-34-13-23(33)30-6-5-21-19(12-30)24(15-4-2-3-14(7-15)11-28)29-31(21)25-18-8-16(26)9-20(27)17(18)10-22(25)32/h2-4,7-9,22,25,32H,5-6,10,12-13H2,1H3/t22-,25-/m1/s1. The third-order valence-electron chi connectivity index (χ3n) is 6.53.